The number of hydrogen-bond donors (Lipinski definition) is 2. The Hall–Kier alpha value is -2.62. The van der Waals surface area contributed by atoms with Crippen LogP contribution in [0.3, 0.4) is 0 Å². The van der Waals surface area contributed by atoms with Crippen LogP contribution in [0.5, 0.6) is 5.88 Å². The molecule has 4 heteroatoms. The van der Waals surface area contributed by atoms with E-state index in [1.807, 2.05) is 25.1 Å². The zero-order valence-electron chi connectivity index (χ0n) is 10.9. The fraction of sp³-hybridized carbons (Fsp3) is 0.0625. The molecule has 20 heavy (non-hydrogen) atoms. The van der Waals surface area contributed by atoms with Crippen molar-refractivity contribution in [2.75, 3.05) is 0 Å². The van der Waals surface area contributed by atoms with Crippen LogP contribution in [0.15, 0.2) is 47.5 Å². The third kappa shape index (κ3) is 2.28. The summed E-state index contributed by atoms with van der Waals surface area (Å²) in [7, 11) is 0. The molecule has 0 fully saturated rings. The predicted octanol–water partition coefficient (Wildman–Crippen LogP) is 4.07. The van der Waals surface area contributed by atoms with Crippen LogP contribution in [0.2, 0.25) is 0 Å². The van der Waals surface area contributed by atoms with Gasteiger partial charge in [-0.15, -0.1) is 0 Å². The van der Waals surface area contributed by atoms with Crippen molar-refractivity contribution in [3.63, 3.8) is 0 Å². The largest absolute Gasteiger partial charge is 0.494 e. The first-order chi connectivity index (χ1) is 9.63. The van der Waals surface area contributed by atoms with Crippen LogP contribution < -0.4 is 0 Å². The highest BCUT2D eigenvalue weighted by Gasteiger charge is 2.08. The Morgan fingerprint density at radius 1 is 1.15 bits per heavy atom. The van der Waals surface area contributed by atoms with Gasteiger partial charge in [-0.3, -0.25) is 4.99 Å². The van der Waals surface area contributed by atoms with Gasteiger partial charge in [0.15, 0.2) is 5.88 Å². The maximum Gasteiger partial charge on any atom is 0.198 e. The number of aliphatic imine (C=N–C) groups is 1. The zero-order valence-corrected chi connectivity index (χ0v) is 10.9. The lowest BCUT2D eigenvalue weighted by Crippen LogP contribution is -1.79. The highest BCUT2D eigenvalue weighted by atomic mass is 19.1. The number of hydrogen-bond acceptors (Lipinski definition) is 2. The van der Waals surface area contributed by atoms with E-state index < -0.39 is 0 Å². The van der Waals surface area contributed by atoms with Gasteiger partial charge < -0.3 is 10.1 Å². The van der Waals surface area contributed by atoms with Gasteiger partial charge in [-0.1, -0.05) is 12.1 Å². The molecule has 0 amide bonds. The topological polar surface area (TPSA) is 48.4 Å². The first-order valence-corrected chi connectivity index (χ1v) is 6.24. The van der Waals surface area contributed by atoms with Crippen molar-refractivity contribution in [1.29, 1.82) is 0 Å². The Morgan fingerprint density at radius 2 is 1.90 bits per heavy atom. The summed E-state index contributed by atoms with van der Waals surface area (Å²) >= 11 is 0. The highest BCUT2D eigenvalue weighted by Crippen LogP contribution is 2.27. The summed E-state index contributed by atoms with van der Waals surface area (Å²) < 4.78 is 12.8. The van der Waals surface area contributed by atoms with E-state index in [2.05, 4.69) is 9.98 Å². The third-order valence-corrected chi connectivity index (χ3v) is 3.14. The monoisotopic (exact) mass is 268 g/mol. The Bertz CT molecular complexity index is 788. The van der Waals surface area contributed by atoms with Gasteiger partial charge in [-0.2, -0.15) is 0 Å². The third-order valence-electron chi connectivity index (χ3n) is 3.14. The van der Waals surface area contributed by atoms with E-state index in [1.165, 1.54) is 12.1 Å². The fourth-order valence-electron chi connectivity index (χ4n) is 2.12. The van der Waals surface area contributed by atoms with Gasteiger partial charge in [0.1, 0.15) is 5.82 Å². The van der Waals surface area contributed by atoms with E-state index in [0.717, 1.165) is 16.5 Å². The molecule has 0 aliphatic rings. The zero-order chi connectivity index (χ0) is 14.1. The molecule has 2 N–H and O–H groups in total. The molecule has 3 aromatic rings. The van der Waals surface area contributed by atoms with Crippen molar-refractivity contribution in [1.82, 2.24) is 4.98 Å². The Kier molecular flexibility index (Phi) is 2.99. The van der Waals surface area contributed by atoms with Crippen molar-refractivity contribution < 1.29 is 9.50 Å². The van der Waals surface area contributed by atoms with E-state index in [-0.39, 0.29) is 11.7 Å². The maximum absolute atomic E-state index is 12.8. The van der Waals surface area contributed by atoms with E-state index in [1.54, 1.807) is 18.3 Å². The second kappa shape index (κ2) is 4.81. The number of benzene rings is 2. The number of aromatic hydroxyl groups is 1. The van der Waals surface area contributed by atoms with E-state index in [0.29, 0.717) is 11.3 Å². The first kappa shape index (κ1) is 12.4. The van der Waals surface area contributed by atoms with Gasteiger partial charge in [0.25, 0.3) is 0 Å². The molecule has 2 aromatic carbocycles. The quantitative estimate of drug-likeness (QED) is 0.676. The standard InChI is InChI=1S/C16H13FN2O/c1-10-2-7-13-14(16(20)19-15(13)8-10)9-18-12-5-3-11(17)4-6-12/h2-9,19-20H,1H3. The predicted molar refractivity (Wildman–Crippen MR) is 78.4 cm³/mol. The van der Waals surface area contributed by atoms with Crippen LogP contribution in [-0.2, 0) is 0 Å². The maximum atomic E-state index is 12.8. The Balaban J connectivity index is 2.02. The SMILES string of the molecule is Cc1ccc2c(C=Nc3ccc(F)cc3)c(O)[nH]c2c1. The van der Waals surface area contributed by atoms with Gasteiger partial charge in [0.2, 0.25) is 0 Å². The second-order valence-corrected chi connectivity index (χ2v) is 4.67. The molecule has 0 unspecified atom stereocenters. The van der Waals surface area contributed by atoms with Crippen molar-refractivity contribution in [2.45, 2.75) is 6.92 Å². The van der Waals surface area contributed by atoms with Crippen LogP contribution in [-0.4, -0.2) is 16.3 Å². The number of halogens is 1. The first-order valence-electron chi connectivity index (χ1n) is 6.24. The number of nitrogens with zero attached hydrogens (tertiary/aromatic N) is 1. The Labute approximate surface area is 115 Å². The molecular formula is C16H13FN2O. The summed E-state index contributed by atoms with van der Waals surface area (Å²) in [6.07, 6.45) is 1.58. The molecule has 3 rings (SSSR count). The molecule has 0 spiro atoms. The van der Waals surface area contributed by atoms with Crippen LogP contribution in [0.25, 0.3) is 10.9 Å². The molecule has 0 bridgehead atoms. The summed E-state index contributed by atoms with van der Waals surface area (Å²) in [4.78, 5) is 7.17. The minimum absolute atomic E-state index is 0.0801. The molecule has 100 valence electrons. The average Bonchev–Trinajstić information content (AvgIpc) is 2.73. The number of aromatic amines is 1. The van der Waals surface area contributed by atoms with Gasteiger partial charge in [0, 0.05) is 17.1 Å². The molecule has 0 atom stereocenters. The molecular weight excluding hydrogens is 255 g/mol. The number of aromatic nitrogens is 1. The van der Waals surface area contributed by atoms with Crippen LogP contribution >= 0.6 is 0 Å². The van der Waals surface area contributed by atoms with Crippen molar-refractivity contribution in [2.24, 2.45) is 4.99 Å². The number of rotatable bonds is 2. The molecule has 1 aromatic heterocycles. The number of H-pyrrole nitrogens is 1. The van der Waals surface area contributed by atoms with Crippen LogP contribution in [0, 0.1) is 12.7 Å². The molecule has 0 saturated heterocycles. The average molecular weight is 268 g/mol. The lowest BCUT2D eigenvalue weighted by molar-refractivity contribution is 0.457. The van der Waals surface area contributed by atoms with Crippen molar-refractivity contribution in [3.05, 3.63) is 59.4 Å². The van der Waals surface area contributed by atoms with Gasteiger partial charge >= 0.3 is 0 Å². The molecule has 1 heterocycles. The highest BCUT2D eigenvalue weighted by molar-refractivity contribution is 6.02. The van der Waals surface area contributed by atoms with Crippen LogP contribution in [0.1, 0.15) is 11.1 Å². The summed E-state index contributed by atoms with van der Waals surface area (Å²) in [6, 6.07) is 11.8. The number of nitrogens with one attached hydrogen (secondary N) is 1. The minimum atomic E-state index is -0.297. The summed E-state index contributed by atoms with van der Waals surface area (Å²) in [5.41, 5.74) is 3.24. The lowest BCUT2D eigenvalue weighted by atomic mass is 10.1. The molecule has 0 aliphatic heterocycles. The summed E-state index contributed by atoms with van der Waals surface area (Å²) in [6.45, 7) is 1.99. The molecule has 0 aliphatic carbocycles. The van der Waals surface area contributed by atoms with Crippen molar-refractivity contribution in [3.8, 4) is 5.88 Å². The minimum Gasteiger partial charge on any atom is -0.494 e. The van der Waals surface area contributed by atoms with E-state index >= 15 is 0 Å². The molecule has 0 saturated carbocycles. The summed E-state index contributed by atoms with van der Waals surface area (Å²) in [5.74, 6) is -0.217. The van der Waals surface area contributed by atoms with E-state index in [9.17, 15) is 9.50 Å². The van der Waals surface area contributed by atoms with Gasteiger partial charge in [-0.05, 0) is 42.8 Å². The summed E-state index contributed by atoms with van der Waals surface area (Å²) in [5, 5.41) is 10.8. The smallest absolute Gasteiger partial charge is 0.198 e. The van der Waals surface area contributed by atoms with E-state index in [4.69, 9.17) is 0 Å². The lowest BCUT2D eigenvalue weighted by Gasteiger charge is -1.95. The second-order valence-electron chi connectivity index (χ2n) is 4.67. The Morgan fingerprint density at radius 3 is 2.65 bits per heavy atom. The molecule has 0 radical (unpaired) electrons. The number of aryl methyl sites for hydroxylation is 1. The van der Waals surface area contributed by atoms with Gasteiger partial charge in [0.05, 0.1) is 11.3 Å². The fourth-order valence-corrected chi connectivity index (χ4v) is 2.12. The van der Waals surface area contributed by atoms with Crippen molar-refractivity contribution >= 4 is 22.8 Å². The van der Waals surface area contributed by atoms with Crippen LogP contribution in [0.4, 0.5) is 10.1 Å². The normalized spacial score (nSPS) is 11.5. The molecule has 3 nitrogen and oxygen atoms in total. The van der Waals surface area contributed by atoms with Gasteiger partial charge in [-0.25, -0.2) is 4.39 Å². The number of fused-ring (bicyclic) bond motifs is 1.